The minimum atomic E-state index is -4.77. The number of alkyl carbamates (subject to hydrolysis) is 1. The van der Waals surface area contributed by atoms with E-state index >= 15 is 0 Å². The van der Waals surface area contributed by atoms with Crippen molar-refractivity contribution in [3.63, 3.8) is 0 Å². The molecular formula is C25H31F3N2O7. The Bertz CT molecular complexity index is 1070. The Kier molecular flexibility index (Phi) is 7.80. The van der Waals surface area contributed by atoms with Gasteiger partial charge in [0.2, 0.25) is 0 Å². The van der Waals surface area contributed by atoms with Crippen LogP contribution in [-0.4, -0.2) is 54.3 Å². The van der Waals surface area contributed by atoms with E-state index in [0.717, 1.165) is 12.1 Å². The molecule has 0 aliphatic heterocycles. The number of halogens is 3. The molecule has 1 aromatic carbocycles. The molecule has 0 saturated heterocycles. The third-order valence-electron chi connectivity index (χ3n) is 6.37. The van der Waals surface area contributed by atoms with Gasteiger partial charge in [-0.3, -0.25) is 9.59 Å². The summed E-state index contributed by atoms with van der Waals surface area (Å²) in [5.41, 5.74) is -4.39. The van der Waals surface area contributed by atoms with E-state index in [-0.39, 0.29) is 19.6 Å². The number of alkyl halides is 3. The van der Waals surface area contributed by atoms with Gasteiger partial charge < -0.3 is 24.8 Å². The van der Waals surface area contributed by atoms with E-state index in [0.29, 0.717) is 0 Å². The molecule has 9 nitrogen and oxygen atoms in total. The first-order valence-electron chi connectivity index (χ1n) is 12.0. The molecule has 5 atom stereocenters. The fourth-order valence-electron chi connectivity index (χ4n) is 5.10. The second-order valence-corrected chi connectivity index (χ2v) is 10.0. The number of hydrogen-bond donors (Lipinski definition) is 2. The molecule has 2 saturated carbocycles. The van der Waals surface area contributed by atoms with Crippen molar-refractivity contribution < 1.29 is 46.6 Å². The standard InChI is InChI=1S/C25H31F3N2O7/c1-6-35-20(32)17-16-15(29-19(31)13-10-8-9-11-14(13)25(26,27)28)12-24(18(16)17,21(33)36-7-2)30-22(34)37-23(3,4)5/h8-11,15-18H,6-7,12H2,1-5H3,(H,29,31)(H,30,34). The third kappa shape index (κ3) is 5.83. The van der Waals surface area contributed by atoms with Gasteiger partial charge in [0, 0.05) is 18.4 Å². The van der Waals surface area contributed by atoms with Gasteiger partial charge in [0.05, 0.1) is 30.3 Å². The highest BCUT2D eigenvalue weighted by Crippen LogP contribution is 2.63. The van der Waals surface area contributed by atoms with Crippen LogP contribution in [0, 0.1) is 17.8 Å². The molecule has 5 unspecified atom stereocenters. The summed E-state index contributed by atoms with van der Waals surface area (Å²) >= 11 is 0. The van der Waals surface area contributed by atoms with E-state index < -0.39 is 76.2 Å². The Hall–Kier alpha value is -3.31. The molecule has 3 rings (SSSR count). The Balaban J connectivity index is 1.97. The van der Waals surface area contributed by atoms with Crippen LogP contribution in [0.1, 0.15) is 57.0 Å². The maximum Gasteiger partial charge on any atom is 0.417 e. The Morgan fingerprint density at radius 2 is 1.65 bits per heavy atom. The maximum atomic E-state index is 13.5. The van der Waals surface area contributed by atoms with Gasteiger partial charge in [0.15, 0.2) is 0 Å². The third-order valence-corrected chi connectivity index (χ3v) is 6.37. The smallest absolute Gasteiger partial charge is 0.417 e. The first kappa shape index (κ1) is 28.3. The zero-order chi connectivity index (χ0) is 27.8. The van der Waals surface area contributed by atoms with E-state index in [9.17, 15) is 32.3 Å². The van der Waals surface area contributed by atoms with Crippen LogP contribution in [0.25, 0.3) is 0 Å². The summed E-state index contributed by atoms with van der Waals surface area (Å²) < 4.78 is 56.1. The molecule has 37 heavy (non-hydrogen) atoms. The van der Waals surface area contributed by atoms with Gasteiger partial charge in [-0.05, 0) is 52.7 Å². The van der Waals surface area contributed by atoms with Gasteiger partial charge in [0.25, 0.3) is 5.91 Å². The molecule has 1 aromatic rings. The Labute approximate surface area is 212 Å². The first-order valence-corrected chi connectivity index (χ1v) is 12.0. The van der Waals surface area contributed by atoms with Crippen molar-refractivity contribution in [2.75, 3.05) is 13.2 Å². The fraction of sp³-hybridized carbons (Fsp3) is 0.600. The van der Waals surface area contributed by atoms with E-state index in [1.54, 1.807) is 34.6 Å². The summed E-state index contributed by atoms with van der Waals surface area (Å²) in [6, 6.07) is 3.36. The molecule has 2 N–H and O–H groups in total. The van der Waals surface area contributed by atoms with Crippen LogP contribution in [0.3, 0.4) is 0 Å². The lowest BCUT2D eigenvalue weighted by atomic mass is 9.88. The van der Waals surface area contributed by atoms with E-state index in [4.69, 9.17) is 14.2 Å². The average molecular weight is 529 g/mol. The topological polar surface area (TPSA) is 120 Å². The summed E-state index contributed by atoms with van der Waals surface area (Å²) in [7, 11) is 0. The average Bonchev–Trinajstić information content (AvgIpc) is 3.45. The highest BCUT2D eigenvalue weighted by atomic mass is 19.4. The lowest BCUT2D eigenvalue weighted by molar-refractivity contribution is -0.153. The number of rotatable bonds is 7. The number of amides is 2. The molecule has 2 fully saturated rings. The molecule has 2 aliphatic carbocycles. The van der Waals surface area contributed by atoms with Gasteiger partial charge in [-0.15, -0.1) is 0 Å². The molecule has 0 heterocycles. The fourth-order valence-corrected chi connectivity index (χ4v) is 5.10. The molecule has 2 amide bonds. The Morgan fingerprint density at radius 1 is 1.03 bits per heavy atom. The number of benzene rings is 1. The number of hydrogen-bond acceptors (Lipinski definition) is 7. The molecule has 0 bridgehead atoms. The second kappa shape index (κ2) is 10.2. The predicted molar refractivity (Wildman–Crippen MR) is 123 cm³/mol. The van der Waals surface area contributed by atoms with E-state index in [1.165, 1.54) is 12.1 Å². The van der Waals surface area contributed by atoms with E-state index in [1.807, 2.05) is 0 Å². The van der Waals surface area contributed by atoms with Crippen molar-refractivity contribution in [1.82, 2.24) is 10.6 Å². The van der Waals surface area contributed by atoms with E-state index in [2.05, 4.69) is 10.6 Å². The molecule has 2 aliphatic rings. The lowest BCUT2D eigenvalue weighted by Crippen LogP contribution is -2.59. The van der Waals surface area contributed by atoms with Crippen LogP contribution in [0.15, 0.2) is 24.3 Å². The zero-order valence-corrected chi connectivity index (χ0v) is 21.2. The van der Waals surface area contributed by atoms with Crippen molar-refractivity contribution >= 4 is 23.9 Å². The van der Waals surface area contributed by atoms with Crippen molar-refractivity contribution in [3.8, 4) is 0 Å². The van der Waals surface area contributed by atoms with Crippen LogP contribution < -0.4 is 10.6 Å². The molecular weight excluding hydrogens is 497 g/mol. The summed E-state index contributed by atoms with van der Waals surface area (Å²) in [4.78, 5) is 51.6. The van der Waals surface area contributed by atoms with Crippen molar-refractivity contribution in [1.29, 1.82) is 0 Å². The molecule has 0 spiro atoms. The zero-order valence-electron chi connectivity index (χ0n) is 21.2. The summed E-state index contributed by atoms with van der Waals surface area (Å²) in [6.07, 6.45) is -5.93. The molecule has 0 radical (unpaired) electrons. The number of esters is 2. The lowest BCUT2D eigenvalue weighted by Gasteiger charge is -2.33. The number of ether oxygens (including phenoxy) is 3. The van der Waals surface area contributed by atoms with Crippen molar-refractivity contribution in [2.45, 2.75) is 64.4 Å². The highest BCUT2D eigenvalue weighted by molar-refractivity contribution is 5.97. The molecule has 204 valence electrons. The van der Waals surface area contributed by atoms with Crippen LogP contribution in [0.4, 0.5) is 18.0 Å². The minimum Gasteiger partial charge on any atom is -0.466 e. The molecule has 12 heteroatoms. The summed E-state index contributed by atoms with van der Waals surface area (Å²) in [5.74, 6) is -4.90. The van der Waals surface area contributed by atoms with Gasteiger partial charge in [-0.1, -0.05) is 12.1 Å². The number of carbonyl (C=O) groups excluding carboxylic acids is 4. The van der Waals surface area contributed by atoms with Gasteiger partial charge in [-0.2, -0.15) is 13.2 Å². The van der Waals surface area contributed by atoms with Crippen LogP contribution in [-0.2, 0) is 30.0 Å². The van der Waals surface area contributed by atoms with Crippen LogP contribution >= 0.6 is 0 Å². The van der Waals surface area contributed by atoms with Crippen molar-refractivity contribution in [2.24, 2.45) is 17.8 Å². The van der Waals surface area contributed by atoms with Crippen LogP contribution in [0.2, 0.25) is 0 Å². The first-order chi connectivity index (χ1) is 17.2. The van der Waals surface area contributed by atoms with Gasteiger partial charge >= 0.3 is 24.2 Å². The number of fused-ring (bicyclic) bond motifs is 1. The molecule has 0 aromatic heterocycles. The highest BCUT2D eigenvalue weighted by Gasteiger charge is 2.76. The van der Waals surface area contributed by atoms with Crippen LogP contribution in [0.5, 0.6) is 0 Å². The van der Waals surface area contributed by atoms with Gasteiger partial charge in [-0.25, -0.2) is 9.59 Å². The quantitative estimate of drug-likeness (QED) is 0.411. The normalized spacial score (nSPS) is 26.5. The van der Waals surface area contributed by atoms with Crippen molar-refractivity contribution in [3.05, 3.63) is 35.4 Å². The SMILES string of the molecule is CCOC(=O)C1C2C(NC(=O)c3ccccc3C(F)(F)F)CC(NC(=O)OC(C)(C)C)(C(=O)OCC)C12. The maximum absolute atomic E-state index is 13.5. The number of nitrogens with one attached hydrogen (secondary N) is 2. The monoisotopic (exact) mass is 528 g/mol. The largest absolute Gasteiger partial charge is 0.466 e. The Morgan fingerprint density at radius 3 is 2.22 bits per heavy atom. The second-order valence-electron chi connectivity index (χ2n) is 10.0. The number of carbonyl (C=O) groups is 4. The van der Waals surface area contributed by atoms with Gasteiger partial charge in [0.1, 0.15) is 11.1 Å². The summed E-state index contributed by atoms with van der Waals surface area (Å²) in [5, 5.41) is 5.11. The minimum absolute atomic E-state index is 0.0337. The predicted octanol–water partition coefficient (Wildman–Crippen LogP) is 3.46. The summed E-state index contributed by atoms with van der Waals surface area (Å²) in [6.45, 7) is 8.06.